The molecule has 5 heteroatoms. The zero-order valence-electron chi connectivity index (χ0n) is 3.78. The van der Waals surface area contributed by atoms with E-state index in [4.69, 9.17) is 11.6 Å². The van der Waals surface area contributed by atoms with Crippen LogP contribution in [0.25, 0.3) is 0 Å². The second-order valence-electron chi connectivity index (χ2n) is 1.09. The SMILES string of the molecule is O=C(Cl)n1cncn1. The lowest BCUT2D eigenvalue weighted by atomic mass is 11.2. The number of hydrogen-bond donors (Lipinski definition) is 0. The summed E-state index contributed by atoms with van der Waals surface area (Å²) in [6, 6.07) is 0. The molecular formula is C3H2ClN3O. The maximum atomic E-state index is 10.1. The lowest BCUT2D eigenvalue weighted by molar-refractivity contribution is 0.258. The lowest BCUT2D eigenvalue weighted by Gasteiger charge is -1.82. The Hall–Kier alpha value is -0.900. The van der Waals surface area contributed by atoms with Crippen LogP contribution in [0.15, 0.2) is 12.7 Å². The molecule has 4 nitrogen and oxygen atoms in total. The highest BCUT2D eigenvalue weighted by molar-refractivity contribution is 6.63. The quantitative estimate of drug-likeness (QED) is 0.482. The zero-order chi connectivity index (χ0) is 5.98. The summed E-state index contributed by atoms with van der Waals surface area (Å²) in [4.78, 5) is 13.6. The van der Waals surface area contributed by atoms with Crippen molar-refractivity contribution in [3.63, 3.8) is 0 Å². The van der Waals surface area contributed by atoms with Gasteiger partial charge < -0.3 is 0 Å². The maximum absolute atomic E-state index is 10.1. The average molecular weight is 132 g/mol. The molecule has 0 amide bonds. The van der Waals surface area contributed by atoms with E-state index in [-0.39, 0.29) is 0 Å². The number of nitrogens with zero attached hydrogens (tertiary/aromatic N) is 3. The first-order valence-electron chi connectivity index (χ1n) is 1.85. The van der Waals surface area contributed by atoms with Gasteiger partial charge in [0.15, 0.2) is 0 Å². The van der Waals surface area contributed by atoms with Crippen LogP contribution < -0.4 is 0 Å². The van der Waals surface area contributed by atoms with Gasteiger partial charge in [-0.15, -0.1) is 0 Å². The van der Waals surface area contributed by atoms with Crippen LogP contribution in [0.3, 0.4) is 0 Å². The monoisotopic (exact) mass is 131 g/mol. The van der Waals surface area contributed by atoms with E-state index in [0.29, 0.717) is 0 Å². The van der Waals surface area contributed by atoms with E-state index < -0.39 is 5.37 Å². The third-order valence-electron chi connectivity index (χ3n) is 0.599. The molecule has 0 spiro atoms. The van der Waals surface area contributed by atoms with Crippen LogP contribution in [-0.4, -0.2) is 20.1 Å². The van der Waals surface area contributed by atoms with E-state index in [9.17, 15) is 4.79 Å². The number of carbonyl (C=O) groups excluding carboxylic acids is 1. The fourth-order valence-corrected chi connectivity index (χ4v) is 0.386. The lowest BCUT2D eigenvalue weighted by Crippen LogP contribution is -2.00. The highest BCUT2D eigenvalue weighted by Gasteiger charge is 1.95. The van der Waals surface area contributed by atoms with Gasteiger partial charge in [-0.05, 0) is 11.6 Å². The summed E-state index contributed by atoms with van der Waals surface area (Å²) in [6.45, 7) is 0. The second-order valence-corrected chi connectivity index (χ2v) is 1.42. The normalized spacial score (nSPS) is 9.12. The van der Waals surface area contributed by atoms with Gasteiger partial charge in [0.2, 0.25) is 0 Å². The summed E-state index contributed by atoms with van der Waals surface area (Å²) in [5.74, 6) is 0. The van der Waals surface area contributed by atoms with Gasteiger partial charge in [0.1, 0.15) is 12.7 Å². The fraction of sp³-hybridized carbons (Fsp3) is 0. The van der Waals surface area contributed by atoms with Gasteiger partial charge in [-0.2, -0.15) is 9.78 Å². The van der Waals surface area contributed by atoms with Crippen molar-refractivity contribution in [2.75, 3.05) is 0 Å². The van der Waals surface area contributed by atoms with E-state index in [2.05, 4.69) is 10.1 Å². The van der Waals surface area contributed by atoms with Crippen LogP contribution in [0.2, 0.25) is 0 Å². The van der Waals surface area contributed by atoms with Gasteiger partial charge in [0.05, 0.1) is 0 Å². The Balaban J connectivity index is 2.93. The van der Waals surface area contributed by atoms with Crippen molar-refractivity contribution < 1.29 is 4.79 Å². The number of halogens is 1. The maximum Gasteiger partial charge on any atom is 0.342 e. The van der Waals surface area contributed by atoms with Crippen molar-refractivity contribution in [1.82, 2.24) is 14.8 Å². The third-order valence-corrected chi connectivity index (χ3v) is 0.772. The Morgan fingerprint density at radius 3 is 2.75 bits per heavy atom. The first-order valence-corrected chi connectivity index (χ1v) is 2.23. The van der Waals surface area contributed by atoms with Crippen LogP contribution in [0.1, 0.15) is 0 Å². The molecule has 0 saturated heterocycles. The average Bonchev–Trinajstić information content (AvgIpc) is 2.12. The summed E-state index contributed by atoms with van der Waals surface area (Å²) in [7, 11) is 0. The fourth-order valence-electron chi connectivity index (χ4n) is 0.299. The molecule has 8 heavy (non-hydrogen) atoms. The Bertz CT molecular complexity index is 182. The van der Waals surface area contributed by atoms with Crippen molar-refractivity contribution >= 4 is 17.0 Å². The molecule has 0 aromatic carbocycles. The topological polar surface area (TPSA) is 47.8 Å². The Kier molecular flexibility index (Phi) is 1.26. The summed E-state index contributed by atoms with van der Waals surface area (Å²) < 4.78 is 0.932. The van der Waals surface area contributed by atoms with Crippen LogP contribution in [0.5, 0.6) is 0 Å². The summed E-state index contributed by atoms with van der Waals surface area (Å²) in [5.41, 5.74) is 0. The van der Waals surface area contributed by atoms with E-state index in [0.717, 1.165) is 4.68 Å². The molecule has 0 aliphatic rings. The molecule has 0 atom stereocenters. The minimum absolute atomic E-state index is 0.650. The standard InChI is InChI=1S/C3H2ClN3O/c4-3(8)7-2-5-1-6-7/h1-2H. The molecule has 1 aromatic heterocycles. The molecule has 1 rings (SSSR count). The summed E-state index contributed by atoms with van der Waals surface area (Å²) in [5, 5.41) is 2.79. The van der Waals surface area contributed by atoms with Gasteiger partial charge in [0.25, 0.3) is 0 Å². The molecule has 1 heterocycles. The molecule has 0 fully saturated rings. The Morgan fingerprint density at radius 1 is 1.75 bits per heavy atom. The minimum atomic E-state index is -0.650. The van der Waals surface area contributed by atoms with Crippen molar-refractivity contribution in [2.24, 2.45) is 0 Å². The third kappa shape index (κ3) is 0.840. The van der Waals surface area contributed by atoms with E-state index >= 15 is 0 Å². The highest BCUT2D eigenvalue weighted by atomic mass is 35.5. The van der Waals surface area contributed by atoms with Gasteiger partial charge in [-0.1, -0.05) is 0 Å². The van der Waals surface area contributed by atoms with Crippen LogP contribution >= 0.6 is 11.6 Å². The molecule has 0 N–H and O–H groups in total. The molecule has 0 unspecified atom stereocenters. The van der Waals surface area contributed by atoms with Gasteiger partial charge in [-0.3, -0.25) is 4.79 Å². The number of hydrogen-bond acceptors (Lipinski definition) is 3. The van der Waals surface area contributed by atoms with E-state index in [1.807, 2.05) is 0 Å². The molecule has 0 aliphatic heterocycles. The zero-order valence-corrected chi connectivity index (χ0v) is 4.54. The Labute approximate surface area is 50.1 Å². The molecular weight excluding hydrogens is 130 g/mol. The van der Waals surface area contributed by atoms with Crippen molar-refractivity contribution in [2.45, 2.75) is 0 Å². The molecule has 0 bridgehead atoms. The van der Waals surface area contributed by atoms with Crippen LogP contribution in [0.4, 0.5) is 4.79 Å². The number of rotatable bonds is 0. The van der Waals surface area contributed by atoms with Crippen molar-refractivity contribution in [3.05, 3.63) is 12.7 Å². The largest absolute Gasteiger partial charge is 0.342 e. The van der Waals surface area contributed by atoms with Gasteiger partial charge in [0, 0.05) is 0 Å². The summed E-state index contributed by atoms with van der Waals surface area (Å²) in [6.07, 6.45) is 2.47. The van der Waals surface area contributed by atoms with Crippen molar-refractivity contribution in [1.29, 1.82) is 0 Å². The second kappa shape index (κ2) is 1.92. The van der Waals surface area contributed by atoms with Gasteiger partial charge >= 0.3 is 5.37 Å². The van der Waals surface area contributed by atoms with E-state index in [1.165, 1.54) is 12.7 Å². The highest BCUT2D eigenvalue weighted by Crippen LogP contribution is 1.85. The molecule has 0 saturated carbocycles. The first-order chi connectivity index (χ1) is 3.80. The van der Waals surface area contributed by atoms with Crippen molar-refractivity contribution in [3.8, 4) is 0 Å². The van der Waals surface area contributed by atoms with Gasteiger partial charge in [-0.25, -0.2) is 4.98 Å². The first kappa shape index (κ1) is 5.24. The predicted molar refractivity (Wildman–Crippen MR) is 26.7 cm³/mol. The molecule has 0 aliphatic carbocycles. The van der Waals surface area contributed by atoms with Crippen LogP contribution in [-0.2, 0) is 0 Å². The predicted octanol–water partition coefficient (Wildman–Crippen LogP) is 0.485. The molecule has 42 valence electrons. The number of aromatic nitrogens is 3. The van der Waals surface area contributed by atoms with Crippen LogP contribution in [0, 0.1) is 0 Å². The number of carbonyl (C=O) groups is 1. The molecule has 1 aromatic rings. The smallest absolute Gasteiger partial charge is 0.253 e. The van der Waals surface area contributed by atoms with E-state index in [1.54, 1.807) is 0 Å². The molecule has 0 radical (unpaired) electrons. The minimum Gasteiger partial charge on any atom is -0.253 e. The summed E-state index contributed by atoms with van der Waals surface area (Å²) >= 11 is 4.97. The Morgan fingerprint density at radius 2 is 2.50 bits per heavy atom.